The number of nitriles is 1. The third-order valence-electron chi connectivity index (χ3n) is 9.91. The van der Waals surface area contributed by atoms with Crippen molar-refractivity contribution in [1.29, 1.82) is 5.26 Å². The molecule has 0 unspecified atom stereocenters. The minimum absolute atomic E-state index is 0.207. The van der Waals surface area contributed by atoms with E-state index in [-0.39, 0.29) is 5.56 Å². The molecule has 0 spiro atoms. The van der Waals surface area contributed by atoms with Gasteiger partial charge in [0, 0.05) is 32.8 Å². The molecule has 5 nitrogen and oxygen atoms in total. The minimum atomic E-state index is -2.23. The Balaban J connectivity index is 1.38. The standard InChI is InChI=1S/C47H22F5N5/c1-54-31-21-19-30(20-22-31)44-45(29-13-11-25(24-53)12-14-29)57-47-37-32-9-5-6-10-35(32)55-43(34(37)23-33(46(47)56-44)26-7-3-2-4-8-26)28-17-15-27(16-18-28)36-38(48)40(50)42(52)41(51)39(36)49/h2-23H. The summed E-state index contributed by atoms with van der Waals surface area (Å²) in [6.07, 6.45) is 0. The van der Waals surface area contributed by atoms with Crippen molar-refractivity contribution in [2.45, 2.75) is 0 Å². The van der Waals surface area contributed by atoms with Gasteiger partial charge in [0.15, 0.2) is 29.0 Å². The smallest absolute Gasteiger partial charge is 0.200 e. The van der Waals surface area contributed by atoms with E-state index < -0.39 is 34.6 Å². The summed E-state index contributed by atoms with van der Waals surface area (Å²) < 4.78 is 71.9. The number of fused-ring (bicyclic) bond motifs is 5. The Hall–Kier alpha value is -7.82. The van der Waals surface area contributed by atoms with Crippen molar-refractivity contribution in [2.24, 2.45) is 0 Å². The van der Waals surface area contributed by atoms with Crippen LogP contribution in [0.15, 0.2) is 133 Å². The van der Waals surface area contributed by atoms with Crippen molar-refractivity contribution in [3.63, 3.8) is 0 Å². The van der Waals surface area contributed by atoms with Crippen LogP contribution >= 0.6 is 0 Å². The molecule has 0 fully saturated rings. The highest BCUT2D eigenvalue weighted by Gasteiger charge is 2.27. The van der Waals surface area contributed by atoms with E-state index in [1.54, 1.807) is 24.3 Å². The van der Waals surface area contributed by atoms with Crippen molar-refractivity contribution in [3.8, 4) is 62.1 Å². The van der Waals surface area contributed by atoms with Crippen molar-refractivity contribution in [3.05, 3.63) is 180 Å². The molecule has 10 heteroatoms. The van der Waals surface area contributed by atoms with Gasteiger partial charge in [-0.3, -0.25) is 0 Å². The average Bonchev–Trinajstić information content (AvgIpc) is 3.27. The number of aromatic nitrogens is 3. The van der Waals surface area contributed by atoms with E-state index in [2.05, 4.69) is 10.9 Å². The van der Waals surface area contributed by atoms with Gasteiger partial charge in [-0.25, -0.2) is 41.7 Å². The van der Waals surface area contributed by atoms with E-state index in [0.29, 0.717) is 66.8 Å². The molecule has 0 atom stereocenters. The lowest BCUT2D eigenvalue weighted by molar-refractivity contribution is 0.381. The summed E-state index contributed by atoms with van der Waals surface area (Å²) in [5.41, 5.74) is 6.51. The van der Waals surface area contributed by atoms with Gasteiger partial charge in [-0.1, -0.05) is 109 Å². The fourth-order valence-electron chi connectivity index (χ4n) is 7.14. The highest BCUT2D eigenvalue weighted by atomic mass is 19.2. The van der Waals surface area contributed by atoms with Crippen LogP contribution in [0.1, 0.15) is 5.56 Å². The Morgan fingerprint density at radius 3 is 1.65 bits per heavy atom. The summed E-state index contributed by atoms with van der Waals surface area (Å²) in [6.45, 7) is 7.47. The maximum atomic E-state index is 14.8. The van der Waals surface area contributed by atoms with Crippen molar-refractivity contribution < 1.29 is 22.0 Å². The van der Waals surface area contributed by atoms with Gasteiger partial charge in [0.25, 0.3) is 0 Å². The van der Waals surface area contributed by atoms with Gasteiger partial charge in [-0.05, 0) is 41.0 Å². The van der Waals surface area contributed by atoms with Gasteiger partial charge in [-0.2, -0.15) is 5.26 Å². The maximum Gasteiger partial charge on any atom is 0.200 e. The molecule has 0 aliphatic heterocycles. The Bertz CT molecular complexity index is 3140. The van der Waals surface area contributed by atoms with Crippen LogP contribution in [-0.2, 0) is 0 Å². The molecule has 0 radical (unpaired) electrons. The molecule has 0 bridgehead atoms. The number of halogens is 5. The molecule has 7 aromatic carbocycles. The SMILES string of the molecule is [C-]#[N+]c1ccc(-c2nc3c(-c4ccccc4)cc4c(-c5ccc(-c6c(F)c(F)c(F)c(F)c6F)cc5)nc5ccccc5c4c3nc2-c2ccc(C#N)cc2)cc1. The monoisotopic (exact) mass is 751 g/mol. The van der Waals surface area contributed by atoms with Crippen LogP contribution in [0.2, 0.25) is 0 Å². The molecular weight excluding hydrogens is 730 g/mol. The molecule has 57 heavy (non-hydrogen) atoms. The second kappa shape index (κ2) is 13.8. The van der Waals surface area contributed by atoms with Crippen LogP contribution < -0.4 is 0 Å². The van der Waals surface area contributed by atoms with Gasteiger partial charge in [0.05, 0.1) is 57.4 Å². The number of benzene rings is 7. The first-order valence-corrected chi connectivity index (χ1v) is 17.5. The van der Waals surface area contributed by atoms with E-state index in [9.17, 15) is 27.2 Å². The van der Waals surface area contributed by atoms with E-state index >= 15 is 0 Å². The van der Waals surface area contributed by atoms with Gasteiger partial charge < -0.3 is 0 Å². The van der Waals surface area contributed by atoms with Gasteiger partial charge in [0.2, 0.25) is 5.82 Å². The molecule has 0 aliphatic rings. The predicted octanol–water partition coefficient (Wildman–Crippen LogP) is 12.8. The zero-order valence-corrected chi connectivity index (χ0v) is 29.3. The first kappa shape index (κ1) is 34.9. The molecule has 0 amide bonds. The molecule has 270 valence electrons. The number of para-hydroxylation sites is 1. The summed E-state index contributed by atoms with van der Waals surface area (Å²) in [5, 5.41) is 11.7. The summed E-state index contributed by atoms with van der Waals surface area (Å²) in [6, 6.07) is 41.0. The lowest BCUT2D eigenvalue weighted by Crippen LogP contribution is -2.04. The van der Waals surface area contributed by atoms with Crippen LogP contribution in [0.3, 0.4) is 0 Å². The zero-order chi connectivity index (χ0) is 39.4. The number of hydrogen-bond acceptors (Lipinski definition) is 4. The van der Waals surface area contributed by atoms with Crippen molar-refractivity contribution in [2.75, 3.05) is 0 Å². The second-order valence-corrected chi connectivity index (χ2v) is 13.2. The fraction of sp³-hybridized carbons (Fsp3) is 0. The molecule has 2 heterocycles. The molecule has 0 aliphatic carbocycles. The summed E-state index contributed by atoms with van der Waals surface area (Å²) >= 11 is 0. The van der Waals surface area contributed by atoms with Crippen LogP contribution in [0.4, 0.5) is 27.6 Å². The normalized spacial score (nSPS) is 11.2. The van der Waals surface area contributed by atoms with Crippen LogP contribution in [0.5, 0.6) is 0 Å². The largest absolute Gasteiger partial charge is 0.247 e. The zero-order valence-electron chi connectivity index (χ0n) is 29.3. The summed E-state index contributed by atoms with van der Waals surface area (Å²) in [7, 11) is 0. The van der Waals surface area contributed by atoms with Gasteiger partial charge in [0.1, 0.15) is 0 Å². The first-order chi connectivity index (χ1) is 27.7. The van der Waals surface area contributed by atoms with E-state index in [1.165, 1.54) is 24.3 Å². The fourth-order valence-corrected chi connectivity index (χ4v) is 7.14. The number of nitrogens with zero attached hydrogens (tertiary/aromatic N) is 5. The van der Waals surface area contributed by atoms with E-state index in [4.69, 9.17) is 21.5 Å². The lowest BCUT2D eigenvalue weighted by atomic mass is 9.92. The Morgan fingerprint density at radius 1 is 0.491 bits per heavy atom. The molecule has 0 saturated carbocycles. The van der Waals surface area contributed by atoms with Gasteiger partial charge in [-0.15, -0.1) is 0 Å². The molecule has 0 N–H and O–H groups in total. The average molecular weight is 752 g/mol. The third-order valence-corrected chi connectivity index (χ3v) is 9.91. The van der Waals surface area contributed by atoms with Crippen molar-refractivity contribution >= 4 is 38.4 Å². The van der Waals surface area contributed by atoms with Crippen LogP contribution in [-0.4, -0.2) is 15.0 Å². The molecular formula is C47H22F5N5. The Morgan fingerprint density at radius 2 is 1.02 bits per heavy atom. The lowest BCUT2D eigenvalue weighted by Gasteiger charge is -2.18. The van der Waals surface area contributed by atoms with E-state index in [0.717, 1.165) is 22.1 Å². The number of pyridine rings is 1. The Kier molecular flexibility index (Phi) is 8.45. The highest BCUT2D eigenvalue weighted by Crippen LogP contribution is 2.43. The second-order valence-electron chi connectivity index (χ2n) is 13.2. The highest BCUT2D eigenvalue weighted by molar-refractivity contribution is 6.24. The Labute approximate surface area is 321 Å². The minimum Gasteiger partial charge on any atom is -0.247 e. The number of rotatable bonds is 5. The summed E-state index contributed by atoms with van der Waals surface area (Å²) in [5.74, 6) is -10.1. The molecule has 9 aromatic rings. The third kappa shape index (κ3) is 5.79. The maximum absolute atomic E-state index is 14.8. The van der Waals surface area contributed by atoms with Gasteiger partial charge >= 0.3 is 0 Å². The van der Waals surface area contributed by atoms with Crippen LogP contribution in [0.25, 0.3) is 93.6 Å². The predicted molar refractivity (Wildman–Crippen MR) is 210 cm³/mol. The van der Waals surface area contributed by atoms with Crippen molar-refractivity contribution in [1.82, 2.24) is 15.0 Å². The molecule has 9 rings (SSSR count). The van der Waals surface area contributed by atoms with E-state index in [1.807, 2.05) is 84.9 Å². The number of hydrogen-bond donors (Lipinski definition) is 0. The quantitative estimate of drug-likeness (QED) is 0.0577. The topological polar surface area (TPSA) is 66.8 Å². The first-order valence-electron chi connectivity index (χ1n) is 17.5. The molecule has 2 aromatic heterocycles. The van der Waals surface area contributed by atoms with Crippen LogP contribution in [0, 0.1) is 47.0 Å². The molecule has 0 saturated heterocycles. The summed E-state index contributed by atoms with van der Waals surface area (Å²) in [4.78, 5) is 19.3.